The van der Waals surface area contributed by atoms with E-state index in [4.69, 9.17) is 0 Å². The van der Waals surface area contributed by atoms with Crippen LogP contribution in [0.5, 0.6) is 0 Å². The van der Waals surface area contributed by atoms with Crippen LogP contribution in [-0.4, -0.2) is 25.4 Å². The van der Waals surface area contributed by atoms with E-state index in [1.807, 2.05) is 16.9 Å². The van der Waals surface area contributed by atoms with E-state index in [1.54, 1.807) is 28.4 Å². The van der Waals surface area contributed by atoms with Gasteiger partial charge in [0.1, 0.15) is 4.83 Å². The Hall–Kier alpha value is -2.77. The van der Waals surface area contributed by atoms with Gasteiger partial charge in [-0.2, -0.15) is 5.10 Å². The van der Waals surface area contributed by atoms with Gasteiger partial charge < -0.3 is 5.32 Å². The van der Waals surface area contributed by atoms with Crippen LogP contribution < -0.4 is 10.9 Å². The SMILES string of the molecule is CC(C)Cn1cnc2sc3c(c2c1=O)CCC(NCc1ccc(-n2cccn2)cc1)C3. The van der Waals surface area contributed by atoms with Crippen LogP contribution in [0.3, 0.4) is 0 Å². The number of thiophene rings is 1. The fraction of sp³-hybridized carbons (Fsp3) is 0.375. The van der Waals surface area contributed by atoms with Gasteiger partial charge in [-0.05, 0) is 54.5 Å². The maximum Gasteiger partial charge on any atom is 0.262 e. The molecule has 1 atom stereocenters. The molecule has 0 saturated carbocycles. The molecule has 0 amide bonds. The number of nitrogens with one attached hydrogen (secondary N) is 1. The highest BCUT2D eigenvalue weighted by atomic mass is 32.1. The Kier molecular flexibility index (Phi) is 5.46. The highest BCUT2D eigenvalue weighted by molar-refractivity contribution is 7.18. The minimum Gasteiger partial charge on any atom is -0.310 e. The summed E-state index contributed by atoms with van der Waals surface area (Å²) in [4.78, 5) is 19.8. The summed E-state index contributed by atoms with van der Waals surface area (Å²) in [5.41, 5.74) is 3.69. The first-order chi connectivity index (χ1) is 15.1. The van der Waals surface area contributed by atoms with Crippen molar-refractivity contribution >= 4 is 21.6 Å². The molecule has 3 aromatic heterocycles. The number of aromatic nitrogens is 4. The molecule has 4 aromatic rings. The first-order valence-corrected chi connectivity index (χ1v) is 11.7. The largest absolute Gasteiger partial charge is 0.310 e. The van der Waals surface area contributed by atoms with Crippen molar-refractivity contribution < 1.29 is 0 Å². The molecule has 0 saturated heterocycles. The molecule has 0 radical (unpaired) electrons. The molecule has 0 fully saturated rings. The summed E-state index contributed by atoms with van der Waals surface area (Å²) in [5.74, 6) is 0.425. The highest BCUT2D eigenvalue weighted by Gasteiger charge is 2.25. The minimum absolute atomic E-state index is 0.125. The smallest absolute Gasteiger partial charge is 0.262 e. The van der Waals surface area contributed by atoms with E-state index in [2.05, 4.69) is 53.5 Å². The minimum atomic E-state index is 0.125. The predicted octanol–water partition coefficient (Wildman–Crippen LogP) is 3.95. The number of rotatable bonds is 6. The summed E-state index contributed by atoms with van der Waals surface area (Å²) in [5, 5.41) is 8.84. The lowest BCUT2D eigenvalue weighted by molar-refractivity contribution is 0.462. The Morgan fingerprint density at radius 3 is 2.84 bits per heavy atom. The van der Waals surface area contributed by atoms with Crippen LogP contribution in [0.15, 0.2) is 53.8 Å². The summed E-state index contributed by atoms with van der Waals surface area (Å²) in [6.45, 7) is 5.81. The van der Waals surface area contributed by atoms with E-state index in [0.29, 0.717) is 12.0 Å². The molecule has 1 aliphatic rings. The second-order valence-electron chi connectivity index (χ2n) is 8.72. The van der Waals surface area contributed by atoms with Crippen molar-refractivity contribution in [2.75, 3.05) is 0 Å². The Balaban J connectivity index is 1.28. The molecule has 0 aliphatic heterocycles. The zero-order chi connectivity index (χ0) is 21.4. The second-order valence-corrected chi connectivity index (χ2v) is 9.80. The van der Waals surface area contributed by atoms with Gasteiger partial charge in [-0.15, -0.1) is 11.3 Å². The zero-order valence-corrected chi connectivity index (χ0v) is 18.7. The van der Waals surface area contributed by atoms with Crippen molar-refractivity contribution in [3.05, 3.63) is 75.4 Å². The molecule has 3 heterocycles. The third-order valence-electron chi connectivity index (χ3n) is 5.90. The highest BCUT2D eigenvalue weighted by Crippen LogP contribution is 2.33. The van der Waals surface area contributed by atoms with E-state index < -0.39 is 0 Å². The lowest BCUT2D eigenvalue weighted by Crippen LogP contribution is -2.33. The van der Waals surface area contributed by atoms with Gasteiger partial charge in [-0.3, -0.25) is 9.36 Å². The van der Waals surface area contributed by atoms with Crippen LogP contribution >= 0.6 is 11.3 Å². The summed E-state index contributed by atoms with van der Waals surface area (Å²) in [6.07, 6.45) is 8.40. The van der Waals surface area contributed by atoms with Gasteiger partial charge in [0, 0.05) is 36.4 Å². The fourth-order valence-corrected chi connectivity index (χ4v) is 5.61. The topological polar surface area (TPSA) is 64.7 Å². The monoisotopic (exact) mass is 433 g/mol. The van der Waals surface area contributed by atoms with Gasteiger partial charge >= 0.3 is 0 Å². The average Bonchev–Trinajstić information content (AvgIpc) is 3.42. The number of benzene rings is 1. The van der Waals surface area contributed by atoms with Crippen molar-refractivity contribution in [3.63, 3.8) is 0 Å². The summed E-state index contributed by atoms with van der Waals surface area (Å²) < 4.78 is 3.64. The summed E-state index contributed by atoms with van der Waals surface area (Å²) in [6, 6.07) is 10.9. The third kappa shape index (κ3) is 4.07. The number of aryl methyl sites for hydroxylation is 1. The van der Waals surface area contributed by atoms with E-state index >= 15 is 0 Å². The first-order valence-electron chi connectivity index (χ1n) is 10.9. The summed E-state index contributed by atoms with van der Waals surface area (Å²) in [7, 11) is 0. The van der Waals surface area contributed by atoms with Gasteiger partial charge in [0.15, 0.2) is 0 Å². The number of hydrogen-bond acceptors (Lipinski definition) is 5. The number of fused-ring (bicyclic) bond motifs is 3. The van der Waals surface area contributed by atoms with Crippen molar-refractivity contribution in [3.8, 4) is 5.69 Å². The van der Waals surface area contributed by atoms with Crippen molar-refractivity contribution in [1.82, 2.24) is 24.6 Å². The molecule has 1 aromatic carbocycles. The molecule has 7 heteroatoms. The molecule has 5 rings (SSSR count). The Bertz CT molecular complexity index is 1240. The quantitative estimate of drug-likeness (QED) is 0.500. The maximum atomic E-state index is 13.0. The number of nitrogens with zero attached hydrogens (tertiary/aromatic N) is 4. The lowest BCUT2D eigenvalue weighted by atomic mass is 9.93. The lowest BCUT2D eigenvalue weighted by Gasteiger charge is -2.23. The van der Waals surface area contributed by atoms with Crippen LogP contribution in [0.1, 0.15) is 36.3 Å². The molecular weight excluding hydrogens is 406 g/mol. The summed E-state index contributed by atoms with van der Waals surface area (Å²) >= 11 is 1.69. The standard InChI is InChI=1S/C24H27N5OS/c1-16(2)14-28-15-26-23-22(24(28)30)20-9-6-18(12-21(20)31-23)25-13-17-4-7-19(8-5-17)29-11-3-10-27-29/h3-5,7-8,10-11,15-16,18,25H,6,9,12-14H2,1-2H3. The second kappa shape index (κ2) is 8.40. The molecular formula is C24H27N5OS. The molecule has 1 aliphatic carbocycles. The van der Waals surface area contributed by atoms with Gasteiger partial charge in [0.2, 0.25) is 0 Å². The normalized spacial score (nSPS) is 16.2. The molecule has 1 N–H and O–H groups in total. The van der Waals surface area contributed by atoms with Crippen LogP contribution in [0.2, 0.25) is 0 Å². The van der Waals surface area contributed by atoms with Crippen LogP contribution in [0, 0.1) is 5.92 Å². The van der Waals surface area contributed by atoms with Crippen molar-refractivity contribution in [1.29, 1.82) is 0 Å². The Labute approximate surface area is 185 Å². The van der Waals surface area contributed by atoms with Gasteiger partial charge in [0.25, 0.3) is 5.56 Å². The van der Waals surface area contributed by atoms with Crippen LogP contribution in [0.25, 0.3) is 15.9 Å². The third-order valence-corrected chi connectivity index (χ3v) is 7.06. The Morgan fingerprint density at radius 1 is 1.26 bits per heavy atom. The van der Waals surface area contributed by atoms with Crippen LogP contribution in [0.4, 0.5) is 0 Å². The van der Waals surface area contributed by atoms with E-state index in [-0.39, 0.29) is 5.56 Å². The number of hydrogen-bond donors (Lipinski definition) is 1. The molecule has 0 bridgehead atoms. The van der Waals surface area contributed by atoms with E-state index in [9.17, 15) is 4.79 Å². The molecule has 31 heavy (non-hydrogen) atoms. The Morgan fingerprint density at radius 2 is 2.10 bits per heavy atom. The maximum absolute atomic E-state index is 13.0. The fourth-order valence-electron chi connectivity index (χ4n) is 4.35. The van der Waals surface area contributed by atoms with Gasteiger partial charge in [-0.25, -0.2) is 9.67 Å². The average molecular weight is 434 g/mol. The first kappa shape index (κ1) is 20.2. The molecule has 160 valence electrons. The van der Waals surface area contributed by atoms with E-state index in [0.717, 1.165) is 48.3 Å². The van der Waals surface area contributed by atoms with Gasteiger partial charge in [-0.1, -0.05) is 26.0 Å². The molecule has 6 nitrogen and oxygen atoms in total. The van der Waals surface area contributed by atoms with Crippen molar-refractivity contribution in [2.24, 2.45) is 5.92 Å². The van der Waals surface area contributed by atoms with Crippen molar-refractivity contribution in [2.45, 2.75) is 52.2 Å². The van der Waals surface area contributed by atoms with Gasteiger partial charge in [0.05, 0.1) is 17.4 Å². The zero-order valence-electron chi connectivity index (χ0n) is 17.9. The van der Waals surface area contributed by atoms with Crippen LogP contribution in [-0.2, 0) is 25.9 Å². The molecule has 1 unspecified atom stereocenters. The predicted molar refractivity (Wildman–Crippen MR) is 125 cm³/mol. The van der Waals surface area contributed by atoms with E-state index in [1.165, 1.54) is 16.0 Å². The molecule has 0 spiro atoms.